The van der Waals surface area contributed by atoms with Crippen LogP contribution in [0.2, 0.25) is 0 Å². The minimum absolute atomic E-state index is 0.183. The first kappa shape index (κ1) is 15.5. The van der Waals surface area contributed by atoms with Crippen molar-refractivity contribution < 1.29 is 9.90 Å². The second-order valence-electron chi connectivity index (χ2n) is 5.71. The van der Waals surface area contributed by atoms with E-state index in [0.29, 0.717) is 5.92 Å². The van der Waals surface area contributed by atoms with Gasteiger partial charge in [0.2, 0.25) is 0 Å². The summed E-state index contributed by atoms with van der Waals surface area (Å²) >= 11 is 1.63. The molecule has 0 aliphatic carbocycles. The number of nitrogens with zero attached hydrogens (tertiary/aromatic N) is 1. The molecule has 20 heavy (non-hydrogen) atoms. The van der Waals surface area contributed by atoms with Gasteiger partial charge in [-0.3, -0.25) is 4.79 Å². The fraction of sp³-hybridized carbons (Fsp3) is 0.688. The highest BCUT2D eigenvalue weighted by Gasteiger charge is 2.25. The van der Waals surface area contributed by atoms with E-state index in [1.807, 2.05) is 4.90 Å². The van der Waals surface area contributed by atoms with Crippen LogP contribution in [-0.4, -0.2) is 35.6 Å². The Bertz CT molecular complexity index is 453. The Morgan fingerprint density at radius 2 is 2.35 bits per heavy atom. The van der Waals surface area contributed by atoms with E-state index in [4.69, 9.17) is 5.11 Å². The van der Waals surface area contributed by atoms with Crippen molar-refractivity contribution >= 4 is 17.2 Å². The van der Waals surface area contributed by atoms with Crippen LogP contribution in [0.1, 0.15) is 52.7 Å². The summed E-state index contributed by atoms with van der Waals surface area (Å²) in [7, 11) is 0. The lowest BCUT2D eigenvalue weighted by Gasteiger charge is -2.32. The molecule has 1 saturated heterocycles. The molecule has 0 radical (unpaired) electrons. The SMILES string of the molecule is CCCc1cc(C(=O)N2CCCC(CCO)C2)sc1C. The van der Waals surface area contributed by atoms with Gasteiger partial charge in [-0.2, -0.15) is 0 Å². The first-order valence-corrected chi connectivity index (χ1v) is 8.46. The van der Waals surface area contributed by atoms with Crippen molar-refractivity contribution in [1.29, 1.82) is 0 Å². The van der Waals surface area contributed by atoms with Crippen LogP contribution in [0.15, 0.2) is 6.07 Å². The molecule has 1 aliphatic heterocycles. The summed E-state index contributed by atoms with van der Waals surface area (Å²) in [5.74, 6) is 0.650. The topological polar surface area (TPSA) is 40.5 Å². The number of carbonyl (C=O) groups excluding carboxylic acids is 1. The van der Waals surface area contributed by atoms with Gasteiger partial charge in [0.25, 0.3) is 5.91 Å². The maximum Gasteiger partial charge on any atom is 0.263 e. The maximum atomic E-state index is 12.6. The molecular formula is C16H25NO2S. The molecule has 3 nitrogen and oxygen atoms in total. The molecule has 1 aromatic rings. The second-order valence-corrected chi connectivity index (χ2v) is 6.97. The number of thiophene rings is 1. The highest BCUT2D eigenvalue weighted by Crippen LogP contribution is 2.26. The molecule has 112 valence electrons. The smallest absolute Gasteiger partial charge is 0.263 e. The first-order valence-electron chi connectivity index (χ1n) is 7.65. The summed E-state index contributed by atoms with van der Waals surface area (Å²) in [6, 6.07) is 2.08. The van der Waals surface area contributed by atoms with Crippen molar-refractivity contribution in [2.75, 3.05) is 19.7 Å². The molecule has 0 spiro atoms. The minimum atomic E-state index is 0.183. The van der Waals surface area contributed by atoms with Gasteiger partial charge in [0.15, 0.2) is 0 Å². The number of amides is 1. The van der Waals surface area contributed by atoms with E-state index >= 15 is 0 Å². The fourth-order valence-electron chi connectivity index (χ4n) is 2.97. The number of carbonyl (C=O) groups is 1. The van der Waals surface area contributed by atoms with Gasteiger partial charge in [0.05, 0.1) is 4.88 Å². The minimum Gasteiger partial charge on any atom is -0.396 e. The molecule has 2 rings (SSSR count). The highest BCUT2D eigenvalue weighted by atomic mass is 32.1. The Balaban J connectivity index is 2.04. The number of hydrogen-bond donors (Lipinski definition) is 1. The van der Waals surface area contributed by atoms with Crippen molar-refractivity contribution in [3.8, 4) is 0 Å². The molecule has 1 unspecified atom stereocenters. The monoisotopic (exact) mass is 295 g/mol. The number of piperidine rings is 1. The van der Waals surface area contributed by atoms with E-state index in [1.54, 1.807) is 11.3 Å². The van der Waals surface area contributed by atoms with Gasteiger partial charge in [-0.25, -0.2) is 0 Å². The molecular weight excluding hydrogens is 270 g/mol. The Kier molecular flexibility index (Phi) is 5.61. The summed E-state index contributed by atoms with van der Waals surface area (Å²) in [5.41, 5.74) is 1.32. The number of hydrogen-bond acceptors (Lipinski definition) is 3. The Morgan fingerprint density at radius 3 is 3.05 bits per heavy atom. The average molecular weight is 295 g/mol. The lowest BCUT2D eigenvalue weighted by Crippen LogP contribution is -2.39. The number of aryl methyl sites for hydroxylation is 2. The molecule has 1 aliphatic rings. The average Bonchev–Trinajstić information content (AvgIpc) is 2.81. The van der Waals surface area contributed by atoms with Crippen molar-refractivity contribution in [3.63, 3.8) is 0 Å². The fourth-order valence-corrected chi connectivity index (χ4v) is 4.01. The van der Waals surface area contributed by atoms with Crippen molar-refractivity contribution in [2.45, 2.75) is 46.0 Å². The first-order chi connectivity index (χ1) is 9.65. The molecule has 1 amide bonds. The van der Waals surface area contributed by atoms with E-state index < -0.39 is 0 Å². The number of likely N-dealkylation sites (tertiary alicyclic amines) is 1. The largest absolute Gasteiger partial charge is 0.396 e. The van der Waals surface area contributed by atoms with Gasteiger partial charge in [-0.05, 0) is 50.2 Å². The third kappa shape index (κ3) is 3.61. The van der Waals surface area contributed by atoms with E-state index in [9.17, 15) is 4.79 Å². The number of aliphatic hydroxyl groups is 1. The van der Waals surface area contributed by atoms with Crippen LogP contribution in [0.3, 0.4) is 0 Å². The van der Waals surface area contributed by atoms with Crippen molar-refractivity contribution in [3.05, 3.63) is 21.4 Å². The Morgan fingerprint density at radius 1 is 1.55 bits per heavy atom. The summed E-state index contributed by atoms with van der Waals surface area (Å²) in [5, 5.41) is 9.06. The lowest BCUT2D eigenvalue weighted by atomic mass is 9.95. The molecule has 1 fully saturated rings. The van der Waals surface area contributed by atoms with Crippen LogP contribution < -0.4 is 0 Å². The summed E-state index contributed by atoms with van der Waals surface area (Å²) in [6.45, 7) is 6.17. The van der Waals surface area contributed by atoms with Crippen LogP contribution in [0, 0.1) is 12.8 Å². The second kappa shape index (κ2) is 7.23. The van der Waals surface area contributed by atoms with Gasteiger partial charge >= 0.3 is 0 Å². The van der Waals surface area contributed by atoms with Gasteiger partial charge in [-0.15, -0.1) is 11.3 Å². The lowest BCUT2D eigenvalue weighted by molar-refractivity contribution is 0.0658. The third-order valence-corrected chi connectivity index (χ3v) is 5.18. The molecule has 0 aromatic carbocycles. The van der Waals surface area contributed by atoms with E-state index in [1.165, 1.54) is 10.4 Å². The zero-order valence-corrected chi connectivity index (χ0v) is 13.3. The van der Waals surface area contributed by atoms with E-state index in [0.717, 1.165) is 50.1 Å². The van der Waals surface area contributed by atoms with Gasteiger partial charge in [0, 0.05) is 24.6 Å². The summed E-state index contributed by atoms with van der Waals surface area (Å²) in [6.07, 6.45) is 5.18. The van der Waals surface area contributed by atoms with Crippen LogP contribution in [0.25, 0.3) is 0 Å². The molecule has 4 heteroatoms. The zero-order chi connectivity index (χ0) is 14.5. The number of rotatable bonds is 5. The molecule has 2 heterocycles. The third-order valence-electron chi connectivity index (χ3n) is 4.09. The molecule has 1 atom stereocenters. The van der Waals surface area contributed by atoms with Crippen LogP contribution >= 0.6 is 11.3 Å². The normalized spacial score (nSPS) is 19.4. The predicted octanol–water partition coefficient (Wildman–Crippen LogP) is 3.24. The zero-order valence-electron chi connectivity index (χ0n) is 12.5. The molecule has 0 saturated carbocycles. The Labute approximate surface area is 125 Å². The highest BCUT2D eigenvalue weighted by molar-refractivity contribution is 7.14. The quantitative estimate of drug-likeness (QED) is 0.906. The maximum absolute atomic E-state index is 12.6. The summed E-state index contributed by atoms with van der Waals surface area (Å²) < 4.78 is 0. The predicted molar refractivity (Wildman–Crippen MR) is 83.4 cm³/mol. The molecule has 0 bridgehead atoms. The van der Waals surface area contributed by atoms with E-state index in [-0.39, 0.29) is 12.5 Å². The standard InChI is InChI=1S/C16H25NO2S/c1-3-5-14-10-15(20-12(14)2)16(19)17-8-4-6-13(11-17)7-9-18/h10,13,18H,3-9,11H2,1-2H3. The van der Waals surface area contributed by atoms with Crippen LogP contribution in [0.5, 0.6) is 0 Å². The van der Waals surface area contributed by atoms with Gasteiger partial charge in [0.1, 0.15) is 0 Å². The van der Waals surface area contributed by atoms with Gasteiger partial charge < -0.3 is 10.0 Å². The van der Waals surface area contributed by atoms with Crippen molar-refractivity contribution in [1.82, 2.24) is 4.90 Å². The molecule has 1 N–H and O–H groups in total. The van der Waals surface area contributed by atoms with Crippen LogP contribution in [-0.2, 0) is 6.42 Å². The van der Waals surface area contributed by atoms with E-state index in [2.05, 4.69) is 19.9 Å². The number of aliphatic hydroxyl groups excluding tert-OH is 1. The van der Waals surface area contributed by atoms with Gasteiger partial charge in [-0.1, -0.05) is 13.3 Å². The molecule has 1 aromatic heterocycles. The summed E-state index contributed by atoms with van der Waals surface area (Å²) in [4.78, 5) is 16.7. The van der Waals surface area contributed by atoms with Crippen LogP contribution in [0.4, 0.5) is 0 Å². The van der Waals surface area contributed by atoms with Crippen molar-refractivity contribution in [2.24, 2.45) is 5.92 Å². The Hall–Kier alpha value is -0.870.